The van der Waals surface area contributed by atoms with Gasteiger partial charge in [0.05, 0.1) is 0 Å². The molecule has 0 aromatic heterocycles. The van der Waals surface area contributed by atoms with Gasteiger partial charge in [-0.1, -0.05) is 0 Å². The Morgan fingerprint density at radius 3 is 1.38 bits per heavy atom. The van der Waals surface area contributed by atoms with Crippen molar-refractivity contribution in [3.63, 3.8) is 0 Å². The van der Waals surface area contributed by atoms with Gasteiger partial charge in [-0.05, 0) is 0 Å². The Hall–Kier alpha value is 0.719. The summed E-state index contributed by atoms with van der Waals surface area (Å²) in [6, 6.07) is 0. The zero-order chi connectivity index (χ0) is 15.0. The molecule has 0 aromatic rings. The van der Waals surface area contributed by atoms with Crippen molar-refractivity contribution in [3.8, 4) is 0 Å². The molecule has 0 saturated heterocycles. The fourth-order valence-electron chi connectivity index (χ4n) is 4.55. The molecule has 0 spiro atoms. The summed E-state index contributed by atoms with van der Waals surface area (Å²) in [6.07, 6.45) is 14.4. The molecule has 21 heavy (non-hydrogen) atoms. The Balaban J connectivity index is 1.98. The van der Waals surface area contributed by atoms with Crippen LogP contribution in [-0.4, -0.2) is 32.4 Å². The molecule has 2 rings (SSSR count). The van der Waals surface area contributed by atoms with Gasteiger partial charge in [-0.2, -0.15) is 0 Å². The maximum absolute atomic E-state index is 6.46. The molecule has 2 aliphatic carbocycles. The maximum atomic E-state index is 6.46. The molecule has 2 nitrogen and oxygen atoms in total. The van der Waals surface area contributed by atoms with Crippen molar-refractivity contribution in [1.29, 1.82) is 0 Å². The topological polar surface area (TPSA) is 18.5 Å². The second-order valence-corrected chi connectivity index (χ2v) is 16.4. The van der Waals surface area contributed by atoms with Crippen LogP contribution in [0.5, 0.6) is 0 Å². The van der Waals surface area contributed by atoms with E-state index in [0.29, 0.717) is 0 Å². The average Bonchev–Trinajstić information content (AvgIpc) is 2.50. The molecule has 0 amide bonds. The SMILES string of the molecule is CC[O][Sn]([CH2]C1CCCCC1)([CH2]C1CCCCC1)[O]CC. The van der Waals surface area contributed by atoms with E-state index in [1.165, 1.54) is 73.1 Å². The third-order valence-electron chi connectivity index (χ3n) is 5.46. The van der Waals surface area contributed by atoms with E-state index in [0.717, 1.165) is 25.0 Å². The van der Waals surface area contributed by atoms with Crippen LogP contribution in [0.25, 0.3) is 0 Å². The molecule has 124 valence electrons. The van der Waals surface area contributed by atoms with Gasteiger partial charge in [0.25, 0.3) is 0 Å². The van der Waals surface area contributed by atoms with Crippen LogP contribution in [-0.2, 0) is 6.15 Å². The van der Waals surface area contributed by atoms with E-state index in [1.807, 2.05) is 0 Å². The summed E-state index contributed by atoms with van der Waals surface area (Å²) >= 11 is -2.83. The first-order chi connectivity index (χ1) is 10.3. The average molecular weight is 403 g/mol. The van der Waals surface area contributed by atoms with E-state index in [4.69, 9.17) is 6.15 Å². The number of hydrogen-bond acceptors (Lipinski definition) is 2. The predicted octanol–water partition coefficient (Wildman–Crippen LogP) is 5.66. The normalized spacial score (nSPS) is 22.6. The molecule has 0 bridgehead atoms. The summed E-state index contributed by atoms with van der Waals surface area (Å²) in [5, 5.41) is 0. The molecule has 3 heteroatoms. The summed E-state index contributed by atoms with van der Waals surface area (Å²) < 4.78 is 15.6. The summed E-state index contributed by atoms with van der Waals surface area (Å²) in [6.45, 7) is 6.09. The van der Waals surface area contributed by atoms with Gasteiger partial charge in [-0.3, -0.25) is 0 Å². The molecule has 0 aromatic carbocycles. The quantitative estimate of drug-likeness (QED) is 0.487. The van der Waals surface area contributed by atoms with E-state index in [-0.39, 0.29) is 0 Å². The Kier molecular flexibility index (Phi) is 8.40. The molecular formula is C18H36O2Sn. The minimum atomic E-state index is -2.83. The molecule has 2 fully saturated rings. The monoisotopic (exact) mass is 404 g/mol. The first kappa shape index (κ1) is 18.1. The third-order valence-corrected chi connectivity index (χ3v) is 17.0. The molecule has 0 N–H and O–H groups in total. The van der Waals surface area contributed by atoms with E-state index in [9.17, 15) is 0 Å². The van der Waals surface area contributed by atoms with Crippen LogP contribution in [0.15, 0.2) is 0 Å². The van der Waals surface area contributed by atoms with Crippen LogP contribution < -0.4 is 0 Å². The van der Waals surface area contributed by atoms with Gasteiger partial charge < -0.3 is 0 Å². The van der Waals surface area contributed by atoms with Crippen molar-refractivity contribution in [2.24, 2.45) is 11.8 Å². The molecule has 0 radical (unpaired) electrons. The van der Waals surface area contributed by atoms with Crippen molar-refractivity contribution in [1.82, 2.24) is 0 Å². The van der Waals surface area contributed by atoms with E-state index >= 15 is 0 Å². The predicted molar refractivity (Wildman–Crippen MR) is 91.8 cm³/mol. The third kappa shape index (κ3) is 6.02. The van der Waals surface area contributed by atoms with Crippen molar-refractivity contribution in [3.05, 3.63) is 0 Å². The van der Waals surface area contributed by atoms with Crippen LogP contribution in [0.3, 0.4) is 0 Å². The van der Waals surface area contributed by atoms with Crippen LogP contribution in [0.2, 0.25) is 8.87 Å². The summed E-state index contributed by atoms with van der Waals surface area (Å²) in [5.41, 5.74) is 0. The summed E-state index contributed by atoms with van der Waals surface area (Å²) in [7, 11) is 0. The Morgan fingerprint density at radius 1 is 0.667 bits per heavy atom. The van der Waals surface area contributed by atoms with Crippen LogP contribution in [0.1, 0.15) is 78.1 Å². The Bertz CT molecular complexity index is 242. The van der Waals surface area contributed by atoms with Crippen molar-refractivity contribution in [2.45, 2.75) is 86.9 Å². The van der Waals surface area contributed by atoms with Crippen molar-refractivity contribution < 1.29 is 6.15 Å². The van der Waals surface area contributed by atoms with Crippen molar-refractivity contribution in [2.75, 3.05) is 13.2 Å². The Labute approximate surface area is 137 Å². The fraction of sp³-hybridized carbons (Fsp3) is 1.00. The summed E-state index contributed by atoms with van der Waals surface area (Å²) in [4.78, 5) is 0. The summed E-state index contributed by atoms with van der Waals surface area (Å²) in [5.74, 6) is 1.83. The molecule has 0 aliphatic heterocycles. The van der Waals surface area contributed by atoms with E-state index < -0.39 is 19.2 Å². The first-order valence-corrected chi connectivity index (χ1v) is 15.9. The van der Waals surface area contributed by atoms with Gasteiger partial charge in [0, 0.05) is 0 Å². The molecule has 2 aliphatic rings. The van der Waals surface area contributed by atoms with Crippen LogP contribution >= 0.6 is 0 Å². The van der Waals surface area contributed by atoms with Crippen LogP contribution in [0.4, 0.5) is 0 Å². The van der Waals surface area contributed by atoms with Gasteiger partial charge in [0.2, 0.25) is 0 Å². The molecule has 2 saturated carbocycles. The van der Waals surface area contributed by atoms with Crippen LogP contribution in [0, 0.1) is 11.8 Å². The van der Waals surface area contributed by atoms with Gasteiger partial charge in [0.15, 0.2) is 0 Å². The zero-order valence-corrected chi connectivity index (χ0v) is 17.2. The molecular weight excluding hydrogens is 367 g/mol. The van der Waals surface area contributed by atoms with Gasteiger partial charge in [-0.15, -0.1) is 0 Å². The molecule has 0 atom stereocenters. The first-order valence-electron chi connectivity index (χ1n) is 9.56. The standard InChI is InChI=1S/2C7H13.2C2H5O.Sn/c2*1-7-5-3-2-4-6-7;2*1-2-3;/h2*7H,1-6H2;2*2H2,1H3;/q;;2*-1;+2. The second kappa shape index (κ2) is 9.77. The minimum absolute atomic E-state index is 0.871. The van der Waals surface area contributed by atoms with Gasteiger partial charge >= 0.3 is 137 Å². The molecule has 0 unspecified atom stereocenters. The van der Waals surface area contributed by atoms with E-state index in [2.05, 4.69) is 13.8 Å². The number of hydrogen-bond donors (Lipinski definition) is 0. The Morgan fingerprint density at radius 2 is 1.05 bits per heavy atom. The van der Waals surface area contributed by atoms with Crippen molar-refractivity contribution >= 4 is 19.2 Å². The fourth-order valence-corrected chi connectivity index (χ4v) is 17.0. The second-order valence-electron chi connectivity index (χ2n) is 7.19. The van der Waals surface area contributed by atoms with Gasteiger partial charge in [0.1, 0.15) is 0 Å². The van der Waals surface area contributed by atoms with E-state index in [1.54, 1.807) is 0 Å². The zero-order valence-electron chi connectivity index (χ0n) is 14.4. The van der Waals surface area contributed by atoms with Gasteiger partial charge in [-0.25, -0.2) is 0 Å². The number of rotatable bonds is 8. The molecule has 0 heterocycles.